The number of aliphatic imine (C=N–C) groups is 1. The fourth-order valence-electron chi connectivity index (χ4n) is 1.65. The number of rotatable bonds is 7. The van der Waals surface area contributed by atoms with Crippen LogP contribution in [0.15, 0.2) is 42.1 Å². The summed E-state index contributed by atoms with van der Waals surface area (Å²) >= 11 is 0. The number of allylic oxidation sites excluding steroid dienone is 1. The molecule has 0 radical (unpaired) electrons. The van der Waals surface area contributed by atoms with Gasteiger partial charge in [-0.25, -0.2) is 0 Å². The van der Waals surface area contributed by atoms with Gasteiger partial charge in [-0.1, -0.05) is 46.6 Å². The maximum atomic E-state index is 10.0. The molecule has 1 N–H and O–H groups in total. The van der Waals surface area contributed by atoms with E-state index in [-0.39, 0.29) is 17.8 Å². The first-order chi connectivity index (χ1) is 7.36. The van der Waals surface area contributed by atoms with Crippen molar-refractivity contribution in [1.29, 1.82) is 0 Å². The molecule has 0 aromatic heterocycles. The summed E-state index contributed by atoms with van der Waals surface area (Å²) in [6.07, 6.45) is 1.03. The molecule has 16 heavy (non-hydrogen) atoms. The third kappa shape index (κ3) is 3.46. The Morgan fingerprint density at radius 2 is 1.69 bits per heavy atom. The second kappa shape index (κ2) is 6.44. The van der Waals surface area contributed by atoms with Gasteiger partial charge in [0.05, 0.1) is 6.10 Å². The van der Waals surface area contributed by atoms with Crippen LogP contribution in [0.1, 0.15) is 20.8 Å². The molecule has 0 fully saturated rings. The van der Waals surface area contributed by atoms with Crippen LogP contribution in [-0.4, -0.2) is 17.9 Å². The molecule has 0 heterocycles. The Morgan fingerprint density at radius 3 is 2.06 bits per heavy atom. The van der Waals surface area contributed by atoms with E-state index in [0.29, 0.717) is 5.57 Å². The summed E-state index contributed by atoms with van der Waals surface area (Å²) in [5.74, 6) is 0.531. The highest BCUT2D eigenvalue weighted by Crippen LogP contribution is 2.30. The Hall–Kier alpha value is -1.15. The van der Waals surface area contributed by atoms with E-state index in [0.717, 1.165) is 5.70 Å². The molecule has 2 heteroatoms. The average Bonchev–Trinajstić information content (AvgIpc) is 2.32. The number of hydrogen-bond acceptors (Lipinski definition) is 2. The van der Waals surface area contributed by atoms with Gasteiger partial charge in [0.2, 0.25) is 0 Å². The molecule has 2 nitrogen and oxygen atoms in total. The van der Waals surface area contributed by atoms with Crippen LogP contribution < -0.4 is 0 Å². The molecule has 0 amide bonds. The minimum Gasteiger partial charge on any atom is -0.388 e. The predicted octanol–water partition coefficient (Wildman–Crippen LogP) is 3.21. The summed E-state index contributed by atoms with van der Waals surface area (Å²) in [5.41, 5.74) is 1.42. The SMILES string of the molecule is C=CC(=C)C(O)C(C)C(C)C(C)C(=C)N=C. The third-order valence-corrected chi connectivity index (χ3v) is 3.49. The van der Waals surface area contributed by atoms with Gasteiger partial charge in [-0.15, -0.1) is 0 Å². The lowest BCUT2D eigenvalue weighted by atomic mass is 9.79. The molecule has 4 unspecified atom stereocenters. The molecular formula is C14H23NO. The van der Waals surface area contributed by atoms with E-state index in [4.69, 9.17) is 0 Å². The molecular weight excluding hydrogens is 198 g/mol. The van der Waals surface area contributed by atoms with Gasteiger partial charge < -0.3 is 5.11 Å². The summed E-state index contributed by atoms with van der Waals surface area (Å²) in [6, 6.07) is 0. The number of hydrogen-bond donors (Lipinski definition) is 1. The molecule has 0 rings (SSSR count). The molecule has 0 aliphatic rings. The van der Waals surface area contributed by atoms with Crippen molar-refractivity contribution in [2.45, 2.75) is 26.9 Å². The fraction of sp³-hybridized carbons (Fsp3) is 0.500. The molecule has 0 spiro atoms. The summed E-state index contributed by atoms with van der Waals surface area (Å²) in [5, 5.41) is 10.0. The van der Waals surface area contributed by atoms with Crippen molar-refractivity contribution in [1.82, 2.24) is 0 Å². The van der Waals surface area contributed by atoms with Crippen molar-refractivity contribution in [2.24, 2.45) is 22.7 Å². The molecule has 0 saturated carbocycles. The molecule has 0 aromatic carbocycles. The van der Waals surface area contributed by atoms with Gasteiger partial charge >= 0.3 is 0 Å². The number of nitrogens with zero attached hydrogens (tertiary/aromatic N) is 1. The number of aliphatic hydroxyl groups is 1. The normalized spacial score (nSPS) is 18.0. The minimum absolute atomic E-state index is 0.0824. The van der Waals surface area contributed by atoms with Gasteiger partial charge in [-0.3, -0.25) is 4.99 Å². The van der Waals surface area contributed by atoms with Crippen molar-refractivity contribution in [3.63, 3.8) is 0 Å². The average molecular weight is 221 g/mol. The van der Waals surface area contributed by atoms with Crippen LogP contribution in [0.5, 0.6) is 0 Å². The van der Waals surface area contributed by atoms with Gasteiger partial charge in [0.1, 0.15) is 0 Å². The maximum Gasteiger partial charge on any atom is 0.0812 e. The molecule has 0 saturated heterocycles. The first-order valence-electron chi connectivity index (χ1n) is 5.51. The third-order valence-electron chi connectivity index (χ3n) is 3.49. The van der Waals surface area contributed by atoms with E-state index >= 15 is 0 Å². The lowest BCUT2D eigenvalue weighted by Crippen LogP contribution is -2.29. The summed E-state index contributed by atoms with van der Waals surface area (Å²) < 4.78 is 0. The van der Waals surface area contributed by atoms with Crippen LogP contribution >= 0.6 is 0 Å². The standard InChI is InChI=1S/C14H23NO/c1-8-9(2)14(16)12(5)10(3)11(4)13(6)15-7/h8,10-12,14,16H,1-2,6-7H2,3-5H3. The fourth-order valence-corrected chi connectivity index (χ4v) is 1.65. The second-order valence-corrected chi connectivity index (χ2v) is 4.38. The lowest BCUT2D eigenvalue weighted by molar-refractivity contribution is 0.107. The molecule has 4 atom stereocenters. The minimum atomic E-state index is -0.562. The van der Waals surface area contributed by atoms with Crippen LogP contribution in [0.4, 0.5) is 0 Å². The van der Waals surface area contributed by atoms with Crippen molar-refractivity contribution < 1.29 is 5.11 Å². The monoisotopic (exact) mass is 221 g/mol. The zero-order valence-electron chi connectivity index (χ0n) is 10.6. The quantitative estimate of drug-likeness (QED) is 0.519. The van der Waals surface area contributed by atoms with Crippen molar-refractivity contribution in [3.8, 4) is 0 Å². The first kappa shape index (κ1) is 14.8. The van der Waals surface area contributed by atoms with Crippen LogP contribution in [0.25, 0.3) is 0 Å². The molecule has 90 valence electrons. The second-order valence-electron chi connectivity index (χ2n) is 4.38. The van der Waals surface area contributed by atoms with Gasteiger partial charge in [-0.2, -0.15) is 0 Å². The van der Waals surface area contributed by atoms with E-state index in [1.54, 1.807) is 6.08 Å². The first-order valence-corrected chi connectivity index (χ1v) is 5.51. The summed E-state index contributed by atoms with van der Waals surface area (Å²) in [4.78, 5) is 3.85. The Morgan fingerprint density at radius 1 is 1.19 bits per heavy atom. The predicted molar refractivity (Wildman–Crippen MR) is 71.5 cm³/mol. The van der Waals surface area contributed by atoms with E-state index < -0.39 is 6.10 Å². The highest BCUT2D eigenvalue weighted by Gasteiger charge is 2.27. The zero-order valence-corrected chi connectivity index (χ0v) is 10.6. The van der Waals surface area contributed by atoms with Gasteiger partial charge in [0, 0.05) is 11.6 Å². The summed E-state index contributed by atoms with van der Waals surface area (Å²) in [6.45, 7) is 20.8. The Labute approximate surface area is 99.1 Å². The summed E-state index contributed by atoms with van der Waals surface area (Å²) in [7, 11) is 0. The smallest absolute Gasteiger partial charge is 0.0812 e. The molecule has 0 aliphatic carbocycles. The van der Waals surface area contributed by atoms with Crippen LogP contribution in [0.3, 0.4) is 0 Å². The topological polar surface area (TPSA) is 32.6 Å². The van der Waals surface area contributed by atoms with Crippen LogP contribution in [0, 0.1) is 17.8 Å². The largest absolute Gasteiger partial charge is 0.388 e. The van der Waals surface area contributed by atoms with Gasteiger partial charge in [-0.05, 0) is 24.1 Å². The maximum absolute atomic E-state index is 10.0. The van der Waals surface area contributed by atoms with Gasteiger partial charge in [0.25, 0.3) is 0 Å². The van der Waals surface area contributed by atoms with Crippen molar-refractivity contribution >= 4 is 6.72 Å². The number of aliphatic hydroxyl groups excluding tert-OH is 1. The molecule has 0 bridgehead atoms. The van der Waals surface area contributed by atoms with Crippen LogP contribution in [0.2, 0.25) is 0 Å². The Kier molecular flexibility index (Phi) is 5.97. The van der Waals surface area contributed by atoms with E-state index in [9.17, 15) is 5.11 Å². The molecule has 0 aromatic rings. The Balaban J connectivity index is 4.65. The van der Waals surface area contributed by atoms with Crippen LogP contribution in [-0.2, 0) is 0 Å². The van der Waals surface area contributed by atoms with Crippen molar-refractivity contribution in [2.75, 3.05) is 0 Å². The zero-order chi connectivity index (χ0) is 12.9. The lowest BCUT2D eigenvalue weighted by Gasteiger charge is -2.30. The van der Waals surface area contributed by atoms with E-state index in [1.807, 2.05) is 13.8 Å². The van der Waals surface area contributed by atoms with Gasteiger partial charge in [0.15, 0.2) is 0 Å². The van der Waals surface area contributed by atoms with E-state index in [1.165, 1.54) is 0 Å². The van der Waals surface area contributed by atoms with E-state index in [2.05, 4.69) is 38.4 Å². The highest BCUT2D eigenvalue weighted by atomic mass is 16.3. The molecule has 0 aliphatic heterocycles. The van der Waals surface area contributed by atoms with Crippen molar-refractivity contribution in [3.05, 3.63) is 37.1 Å². The highest BCUT2D eigenvalue weighted by molar-refractivity contribution is 5.28. The Bertz CT molecular complexity index is 263.